The lowest BCUT2D eigenvalue weighted by Gasteiger charge is -2.21. The summed E-state index contributed by atoms with van der Waals surface area (Å²) in [5.74, 6) is 0.445. The Balaban J connectivity index is 2.75. The third-order valence-corrected chi connectivity index (χ3v) is 2.41. The van der Waals surface area contributed by atoms with Crippen LogP contribution in [-0.4, -0.2) is 25.7 Å². The van der Waals surface area contributed by atoms with Gasteiger partial charge in [0.05, 0.1) is 0 Å². The predicted molar refractivity (Wildman–Crippen MR) is 68.5 cm³/mol. The van der Waals surface area contributed by atoms with Gasteiger partial charge in [0.15, 0.2) is 0 Å². The fourth-order valence-electron chi connectivity index (χ4n) is 1.56. The van der Waals surface area contributed by atoms with Gasteiger partial charge in [0.25, 0.3) is 0 Å². The zero-order chi connectivity index (χ0) is 12.7. The molecule has 0 atom stereocenters. The highest BCUT2D eigenvalue weighted by atomic mass is 16.6. The Bertz CT molecular complexity index is 362. The Hall–Kier alpha value is -1.71. The van der Waals surface area contributed by atoms with Gasteiger partial charge in [-0.2, -0.15) is 0 Å². The number of rotatable bonds is 5. The number of carbonyl (C=O) groups is 1. The SMILES string of the molecule is CCNC(=O)Oc1[c]ccc(N(CC)CC)c1. The van der Waals surface area contributed by atoms with Crippen LogP contribution < -0.4 is 15.0 Å². The molecule has 1 aromatic rings. The fraction of sp³-hybridized carbons (Fsp3) is 0.462. The number of benzene rings is 1. The van der Waals surface area contributed by atoms with Crippen molar-refractivity contribution < 1.29 is 9.53 Å². The van der Waals surface area contributed by atoms with Gasteiger partial charge >= 0.3 is 6.09 Å². The van der Waals surface area contributed by atoms with Crippen LogP contribution in [-0.2, 0) is 0 Å². The first-order chi connectivity index (χ1) is 8.21. The normalized spacial score (nSPS) is 9.82. The van der Waals surface area contributed by atoms with Crippen LogP contribution in [0.5, 0.6) is 5.75 Å². The minimum Gasteiger partial charge on any atom is -0.410 e. The zero-order valence-electron chi connectivity index (χ0n) is 10.6. The van der Waals surface area contributed by atoms with Crippen LogP contribution in [0.2, 0.25) is 0 Å². The van der Waals surface area contributed by atoms with Crippen molar-refractivity contribution in [3.63, 3.8) is 0 Å². The molecule has 0 heterocycles. The van der Waals surface area contributed by atoms with Crippen LogP contribution in [0.4, 0.5) is 10.5 Å². The van der Waals surface area contributed by atoms with E-state index in [0.29, 0.717) is 12.3 Å². The second-order valence-electron chi connectivity index (χ2n) is 3.50. The van der Waals surface area contributed by atoms with Crippen molar-refractivity contribution in [1.82, 2.24) is 5.32 Å². The Morgan fingerprint density at radius 1 is 1.41 bits per heavy atom. The van der Waals surface area contributed by atoms with E-state index in [9.17, 15) is 4.79 Å². The molecule has 0 aliphatic heterocycles. The van der Waals surface area contributed by atoms with E-state index in [4.69, 9.17) is 4.74 Å². The molecule has 1 rings (SSSR count). The van der Waals surface area contributed by atoms with Gasteiger partial charge in [0.2, 0.25) is 0 Å². The average Bonchev–Trinajstić information content (AvgIpc) is 2.31. The van der Waals surface area contributed by atoms with Crippen molar-refractivity contribution in [3.05, 3.63) is 24.3 Å². The minimum absolute atomic E-state index is 0.444. The summed E-state index contributed by atoms with van der Waals surface area (Å²) in [6.07, 6.45) is -0.444. The summed E-state index contributed by atoms with van der Waals surface area (Å²) in [5, 5.41) is 2.58. The topological polar surface area (TPSA) is 41.6 Å². The molecule has 0 unspecified atom stereocenters. The standard InChI is InChI=1S/C13H19N2O2/c1-4-14-13(16)17-12-9-7-8-11(10-12)15(5-2)6-3/h7-8,10H,4-6H2,1-3H3,(H,14,16). The highest BCUT2D eigenvalue weighted by Crippen LogP contribution is 2.20. The van der Waals surface area contributed by atoms with Gasteiger partial charge in [-0.1, -0.05) is 0 Å². The molecule has 93 valence electrons. The van der Waals surface area contributed by atoms with Crippen molar-refractivity contribution in [1.29, 1.82) is 0 Å². The van der Waals surface area contributed by atoms with Gasteiger partial charge in [0, 0.05) is 37.5 Å². The molecule has 4 heteroatoms. The molecule has 1 N–H and O–H groups in total. The van der Waals surface area contributed by atoms with Gasteiger partial charge in [0.1, 0.15) is 5.75 Å². The van der Waals surface area contributed by atoms with Crippen LogP contribution in [0, 0.1) is 6.07 Å². The molecule has 0 spiro atoms. The monoisotopic (exact) mass is 235 g/mol. The fourth-order valence-corrected chi connectivity index (χ4v) is 1.56. The zero-order valence-corrected chi connectivity index (χ0v) is 10.6. The second-order valence-corrected chi connectivity index (χ2v) is 3.50. The van der Waals surface area contributed by atoms with E-state index in [-0.39, 0.29) is 0 Å². The molecule has 1 amide bonds. The summed E-state index contributed by atoms with van der Waals surface area (Å²) in [6.45, 7) is 8.41. The largest absolute Gasteiger partial charge is 0.412 e. The van der Waals surface area contributed by atoms with Crippen molar-refractivity contribution >= 4 is 11.8 Å². The van der Waals surface area contributed by atoms with E-state index in [1.807, 2.05) is 19.1 Å². The van der Waals surface area contributed by atoms with Crippen molar-refractivity contribution in [2.24, 2.45) is 0 Å². The van der Waals surface area contributed by atoms with Crippen LogP contribution in [0.3, 0.4) is 0 Å². The first-order valence-electron chi connectivity index (χ1n) is 5.93. The first-order valence-corrected chi connectivity index (χ1v) is 5.93. The van der Waals surface area contributed by atoms with Gasteiger partial charge < -0.3 is 15.0 Å². The Morgan fingerprint density at radius 3 is 2.71 bits per heavy atom. The number of hydrogen-bond acceptors (Lipinski definition) is 3. The number of amides is 1. The lowest BCUT2D eigenvalue weighted by Crippen LogP contribution is -2.26. The van der Waals surface area contributed by atoms with Gasteiger partial charge in [-0.15, -0.1) is 0 Å². The maximum Gasteiger partial charge on any atom is 0.412 e. The number of carbonyl (C=O) groups excluding carboxylic acids is 1. The second kappa shape index (κ2) is 6.78. The molecular weight excluding hydrogens is 216 g/mol. The first kappa shape index (κ1) is 13.4. The smallest absolute Gasteiger partial charge is 0.410 e. The number of anilines is 1. The van der Waals surface area contributed by atoms with Crippen LogP contribution in [0.15, 0.2) is 18.2 Å². The summed E-state index contributed by atoms with van der Waals surface area (Å²) in [4.78, 5) is 13.4. The summed E-state index contributed by atoms with van der Waals surface area (Å²) in [5.41, 5.74) is 1.04. The quantitative estimate of drug-likeness (QED) is 0.852. The summed E-state index contributed by atoms with van der Waals surface area (Å²) in [7, 11) is 0. The number of nitrogens with one attached hydrogen (secondary N) is 1. The third kappa shape index (κ3) is 3.98. The summed E-state index contributed by atoms with van der Waals surface area (Å²) >= 11 is 0. The maximum absolute atomic E-state index is 11.3. The van der Waals surface area contributed by atoms with E-state index < -0.39 is 6.09 Å². The molecule has 0 aliphatic rings. The molecule has 17 heavy (non-hydrogen) atoms. The van der Waals surface area contributed by atoms with Crippen LogP contribution in [0.25, 0.3) is 0 Å². The van der Waals surface area contributed by atoms with Gasteiger partial charge in [-0.05, 0) is 32.9 Å². The average molecular weight is 235 g/mol. The molecule has 0 saturated carbocycles. The Labute approximate surface area is 103 Å². The molecule has 1 radical (unpaired) electrons. The molecule has 0 aliphatic carbocycles. The maximum atomic E-state index is 11.3. The van der Waals surface area contributed by atoms with Gasteiger partial charge in [-0.3, -0.25) is 0 Å². The highest BCUT2D eigenvalue weighted by molar-refractivity contribution is 5.70. The Morgan fingerprint density at radius 2 is 2.12 bits per heavy atom. The van der Waals surface area contributed by atoms with E-state index in [1.54, 1.807) is 6.07 Å². The highest BCUT2D eigenvalue weighted by Gasteiger charge is 2.06. The van der Waals surface area contributed by atoms with Crippen molar-refractivity contribution in [2.45, 2.75) is 20.8 Å². The number of ether oxygens (including phenoxy) is 1. The van der Waals surface area contributed by atoms with E-state index >= 15 is 0 Å². The van der Waals surface area contributed by atoms with Crippen LogP contribution >= 0.6 is 0 Å². The molecular formula is C13H19N2O2. The molecule has 0 saturated heterocycles. The third-order valence-electron chi connectivity index (χ3n) is 2.41. The molecule has 0 bridgehead atoms. The lowest BCUT2D eigenvalue weighted by molar-refractivity contribution is 0.201. The van der Waals surface area contributed by atoms with E-state index in [2.05, 4.69) is 30.1 Å². The minimum atomic E-state index is -0.444. The number of hydrogen-bond donors (Lipinski definition) is 1. The van der Waals surface area contributed by atoms with E-state index in [1.165, 1.54) is 0 Å². The van der Waals surface area contributed by atoms with Gasteiger partial charge in [-0.25, -0.2) is 4.79 Å². The lowest BCUT2D eigenvalue weighted by atomic mass is 10.2. The van der Waals surface area contributed by atoms with Crippen molar-refractivity contribution in [2.75, 3.05) is 24.5 Å². The summed E-state index contributed by atoms with van der Waals surface area (Å²) < 4.78 is 5.10. The Kier molecular flexibility index (Phi) is 5.33. The predicted octanol–water partition coefficient (Wildman–Crippen LogP) is 2.44. The number of nitrogens with zero attached hydrogens (tertiary/aromatic N) is 1. The van der Waals surface area contributed by atoms with Crippen molar-refractivity contribution in [3.8, 4) is 5.75 Å². The molecule has 0 fully saturated rings. The van der Waals surface area contributed by atoms with Crippen LogP contribution in [0.1, 0.15) is 20.8 Å². The van der Waals surface area contributed by atoms with E-state index in [0.717, 1.165) is 18.8 Å². The molecule has 0 aromatic heterocycles. The summed E-state index contributed by atoms with van der Waals surface area (Å²) in [6, 6.07) is 8.44. The molecule has 1 aromatic carbocycles. The molecule has 4 nitrogen and oxygen atoms in total.